The summed E-state index contributed by atoms with van der Waals surface area (Å²) in [5.41, 5.74) is 11.2. The van der Waals surface area contributed by atoms with Crippen molar-refractivity contribution >= 4 is 5.82 Å². The van der Waals surface area contributed by atoms with E-state index in [9.17, 15) is 5.26 Å². The molecule has 0 saturated heterocycles. The molecule has 98 valence electrons. The molecule has 0 fully saturated rings. The van der Waals surface area contributed by atoms with Gasteiger partial charge >= 0.3 is 0 Å². The summed E-state index contributed by atoms with van der Waals surface area (Å²) < 4.78 is 2.05. The van der Waals surface area contributed by atoms with Crippen LogP contribution >= 0.6 is 0 Å². The third kappa shape index (κ3) is 2.00. The van der Waals surface area contributed by atoms with E-state index in [2.05, 4.69) is 36.6 Å². The van der Waals surface area contributed by atoms with Crippen LogP contribution in [0.5, 0.6) is 0 Å². The Bertz CT molecular complexity index is 659. The Morgan fingerprint density at radius 2 is 1.84 bits per heavy atom. The van der Waals surface area contributed by atoms with Crippen molar-refractivity contribution in [2.75, 3.05) is 5.73 Å². The molecule has 1 unspecified atom stereocenters. The van der Waals surface area contributed by atoms with Gasteiger partial charge in [-0.3, -0.25) is 0 Å². The molecular weight excluding hydrogens is 234 g/mol. The monoisotopic (exact) mass is 253 g/mol. The van der Waals surface area contributed by atoms with E-state index < -0.39 is 0 Å². The maximum Gasteiger partial charge on any atom is 0.122 e. The van der Waals surface area contributed by atoms with Crippen LogP contribution in [0, 0.1) is 32.1 Å². The minimum Gasteiger partial charge on any atom is -0.384 e. The molecule has 1 aromatic heterocycles. The molecule has 0 aliphatic heterocycles. The second-order valence-corrected chi connectivity index (χ2v) is 4.99. The van der Waals surface area contributed by atoms with Gasteiger partial charge in [-0.2, -0.15) is 5.26 Å². The average Bonchev–Trinajstić information content (AvgIpc) is 2.60. The Morgan fingerprint density at radius 3 is 2.37 bits per heavy atom. The number of benzene rings is 1. The number of nitrogens with two attached hydrogens (primary N) is 1. The molecule has 3 heteroatoms. The van der Waals surface area contributed by atoms with E-state index in [1.54, 1.807) is 0 Å². The van der Waals surface area contributed by atoms with Crippen LogP contribution in [0.15, 0.2) is 24.3 Å². The van der Waals surface area contributed by atoms with Gasteiger partial charge in [0.25, 0.3) is 0 Å². The van der Waals surface area contributed by atoms with E-state index in [1.165, 1.54) is 11.1 Å². The molecule has 1 atom stereocenters. The van der Waals surface area contributed by atoms with Crippen molar-refractivity contribution in [2.45, 2.75) is 33.7 Å². The lowest BCUT2D eigenvalue weighted by Gasteiger charge is -2.20. The van der Waals surface area contributed by atoms with Gasteiger partial charge in [0, 0.05) is 5.69 Å². The molecule has 0 aliphatic rings. The first-order chi connectivity index (χ1) is 8.99. The van der Waals surface area contributed by atoms with Crippen molar-refractivity contribution in [3.63, 3.8) is 0 Å². The first-order valence-corrected chi connectivity index (χ1v) is 6.41. The molecule has 3 nitrogen and oxygen atoms in total. The predicted octanol–water partition coefficient (Wildman–Crippen LogP) is 3.48. The fourth-order valence-corrected chi connectivity index (χ4v) is 2.69. The van der Waals surface area contributed by atoms with Crippen LogP contribution in [0.2, 0.25) is 0 Å². The highest BCUT2D eigenvalue weighted by Gasteiger charge is 2.20. The third-order valence-electron chi connectivity index (χ3n) is 3.93. The van der Waals surface area contributed by atoms with Gasteiger partial charge in [-0.15, -0.1) is 0 Å². The van der Waals surface area contributed by atoms with Crippen LogP contribution in [-0.2, 0) is 0 Å². The van der Waals surface area contributed by atoms with Gasteiger partial charge in [0.15, 0.2) is 0 Å². The van der Waals surface area contributed by atoms with E-state index in [4.69, 9.17) is 5.73 Å². The molecule has 0 amide bonds. The molecular formula is C16H19N3. The summed E-state index contributed by atoms with van der Waals surface area (Å²) in [5.74, 6) is 0.563. The van der Waals surface area contributed by atoms with E-state index in [0.717, 1.165) is 11.3 Å². The van der Waals surface area contributed by atoms with Gasteiger partial charge in [0.1, 0.15) is 11.9 Å². The molecule has 0 spiro atoms. The number of hydrogen-bond acceptors (Lipinski definition) is 2. The Balaban J connectivity index is 2.61. The van der Waals surface area contributed by atoms with E-state index in [0.29, 0.717) is 11.4 Å². The van der Waals surface area contributed by atoms with Crippen LogP contribution in [0.4, 0.5) is 5.82 Å². The lowest BCUT2D eigenvalue weighted by molar-refractivity contribution is 0.630. The average molecular weight is 253 g/mol. The van der Waals surface area contributed by atoms with Crippen molar-refractivity contribution < 1.29 is 0 Å². The highest BCUT2D eigenvalue weighted by atomic mass is 15.1. The molecule has 0 bridgehead atoms. The van der Waals surface area contributed by atoms with E-state index in [-0.39, 0.29) is 6.04 Å². The zero-order valence-corrected chi connectivity index (χ0v) is 11.9. The molecule has 19 heavy (non-hydrogen) atoms. The van der Waals surface area contributed by atoms with Gasteiger partial charge in [0.2, 0.25) is 0 Å². The summed E-state index contributed by atoms with van der Waals surface area (Å²) in [6, 6.07) is 10.6. The molecule has 2 rings (SSSR count). The molecule has 2 aromatic rings. The van der Waals surface area contributed by atoms with Crippen molar-refractivity contribution in [1.82, 2.24) is 4.57 Å². The van der Waals surface area contributed by atoms with Crippen molar-refractivity contribution in [2.24, 2.45) is 0 Å². The van der Waals surface area contributed by atoms with Gasteiger partial charge in [-0.05, 0) is 44.4 Å². The number of anilines is 1. The van der Waals surface area contributed by atoms with Crippen LogP contribution in [0.3, 0.4) is 0 Å². The number of hydrogen-bond donors (Lipinski definition) is 1. The second kappa shape index (κ2) is 4.81. The van der Waals surface area contributed by atoms with E-state index >= 15 is 0 Å². The molecule has 0 aliphatic carbocycles. The lowest BCUT2D eigenvalue weighted by atomic mass is 10.0. The Hall–Kier alpha value is -2.21. The number of nitrogens with zero attached hydrogens (tertiary/aromatic N) is 2. The maximum absolute atomic E-state index is 9.20. The summed E-state index contributed by atoms with van der Waals surface area (Å²) in [5, 5.41) is 9.20. The summed E-state index contributed by atoms with van der Waals surface area (Å²) in [6.07, 6.45) is 0. The minimum atomic E-state index is 0.127. The summed E-state index contributed by atoms with van der Waals surface area (Å²) >= 11 is 0. The van der Waals surface area contributed by atoms with Crippen LogP contribution in [-0.4, -0.2) is 4.57 Å². The van der Waals surface area contributed by atoms with Crippen molar-refractivity contribution in [3.8, 4) is 6.07 Å². The molecule has 0 radical (unpaired) electrons. The van der Waals surface area contributed by atoms with Crippen LogP contribution < -0.4 is 5.73 Å². The molecule has 1 heterocycles. The summed E-state index contributed by atoms with van der Waals surface area (Å²) in [6.45, 7) is 8.18. The zero-order valence-electron chi connectivity index (χ0n) is 11.9. The minimum absolute atomic E-state index is 0.127. The van der Waals surface area contributed by atoms with Crippen molar-refractivity contribution in [3.05, 3.63) is 52.2 Å². The van der Waals surface area contributed by atoms with Gasteiger partial charge < -0.3 is 10.3 Å². The van der Waals surface area contributed by atoms with Crippen molar-refractivity contribution in [1.29, 1.82) is 5.26 Å². The smallest absolute Gasteiger partial charge is 0.122 e. The number of aromatic nitrogens is 1. The first kappa shape index (κ1) is 13.2. The van der Waals surface area contributed by atoms with Crippen LogP contribution in [0.25, 0.3) is 0 Å². The normalized spacial score (nSPS) is 12.2. The lowest BCUT2D eigenvalue weighted by Crippen LogP contribution is -2.12. The van der Waals surface area contributed by atoms with Gasteiger partial charge in [-0.25, -0.2) is 0 Å². The summed E-state index contributed by atoms with van der Waals surface area (Å²) in [4.78, 5) is 0. The Morgan fingerprint density at radius 1 is 1.21 bits per heavy atom. The fourth-order valence-electron chi connectivity index (χ4n) is 2.69. The summed E-state index contributed by atoms with van der Waals surface area (Å²) in [7, 11) is 0. The fraction of sp³-hybridized carbons (Fsp3) is 0.312. The highest BCUT2D eigenvalue weighted by Crippen LogP contribution is 2.31. The van der Waals surface area contributed by atoms with E-state index in [1.807, 2.05) is 26.0 Å². The number of rotatable bonds is 2. The largest absolute Gasteiger partial charge is 0.384 e. The number of nitrogen functional groups attached to an aromatic ring is 1. The molecule has 1 aromatic carbocycles. The van der Waals surface area contributed by atoms with Crippen LogP contribution in [0.1, 0.15) is 40.9 Å². The SMILES string of the molecule is Cc1ccccc1C(C)n1c(C)c(C)c(C#N)c1N. The molecule has 2 N–H and O–H groups in total. The Kier molecular flexibility index (Phi) is 3.35. The number of nitriles is 1. The first-order valence-electron chi connectivity index (χ1n) is 6.41. The maximum atomic E-state index is 9.20. The topological polar surface area (TPSA) is 54.7 Å². The third-order valence-corrected chi connectivity index (χ3v) is 3.93. The van der Waals surface area contributed by atoms with Gasteiger partial charge in [0.05, 0.1) is 11.6 Å². The standard InChI is InChI=1S/C16H19N3/c1-10-7-5-6-8-14(10)13(4)19-12(3)11(2)15(9-17)16(19)18/h5-8,13H,18H2,1-4H3. The number of aryl methyl sites for hydroxylation is 1. The Labute approximate surface area is 114 Å². The second-order valence-electron chi connectivity index (χ2n) is 4.99. The molecule has 0 saturated carbocycles. The predicted molar refractivity (Wildman–Crippen MR) is 78.0 cm³/mol. The quantitative estimate of drug-likeness (QED) is 0.890. The zero-order chi connectivity index (χ0) is 14.2. The highest BCUT2D eigenvalue weighted by molar-refractivity contribution is 5.58. The van der Waals surface area contributed by atoms with Gasteiger partial charge in [-0.1, -0.05) is 24.3 Å².